The molecule has 2 heterocycles. The lowest BCUT2D eigenvalue weighted by atomic mass is 9.96. The van der Waals surface area contributed by atoms with Crippen molar-refractivity contribution in [2.24, 2.45) is 0 Å². The minimum Gasteiger partial charge on any atom is -0.490 e. The number of halogens is 3. The standard InChI is InChI=1S/C22H21F3N2O3/c23-22(24,25)17-7-4-8-19(30-16-5-2-1-3-6-16)21(17)14-9-10-27-18(11-14)15(13-26-27)12-20(28)29/h4,7-11,13,16H,1-3,5-6,12H2,(H,28,29). The second-order valence-corrected chi connectivity index (χ2v) is 7.54. The molecule has 0 unspecified atom stereocenters. The molecule has 3 aromatic rings. The Balaban J connectivity index is 1.84. The highest BCUT2D eigenvalue weighted by Crippen LogP contribution is 2.43. The Labute approximate surface area is 171 Å². The Kier molecular flexibility index (Phi) is 5.40. The zero-order valence-electron chi connectivity index (χ0n) is 16.2. The topological polar surface area (TPSA) is 63.8 Å². The van der Waals surface area contributed by atoms with Crippen molar-refractivity contribution >= 4 is 11.5 Å². The minimum atomic E-state index is -4.56. The molecule has 1 saturated carbocycles. The van der Waals surface area contributed by atoms with Crippen molar-refractivity contribution in [2.75, 3.05) is 0 Å². The van der Waals surface area contributed by atoms with E-state index in [1.165, 1.54) is 23.0 Å². The van der Waals surface area contributed by atoms with Crippen LogP contribution in [0.3, 0.4) is 0 Å². The number of fused-ring (bicyclic) bond motifs is 1. The molecule has 0 radical (unpaired) electrons. The van der Waals surface area contributed by atoms with Crippen LogP contribution >= 0.6 is 0 Å². The summed E-state index contributed by atoms with van der Waals surface area (Å²) in [6.07, 6.45) is 2.77. The van der Waals surface area contributed by atoms with Crippen molar-refractivity contribution < 1.29 is 27.8 Å². The van der Waals surface area contributed by atoms with E-state index in [9.17, 15) is 18.0 Å². The van der Waals surface area contributed by atoms with Gasteiger partial charge in [-0.3, -0.25) is 4.79 Å². The van der Waals surface area contributed by atoms with Crippen molar-refractivity contribution in [2.45, 2.75) is 50.8 Å². The highest BCUT2D eigenvalue weighted by Gasteiger charge is 2.35. The van der Waals surface area contributed by atoms with Crippen molar-refractivity contribution in [3.8, 4) is 16.9 Å². The highest BCUT2D eigenvalue weighted by atomic mass is 19.4. The molecule has 1 aliphatic rings. The molecule has 30 heavy (non-hydrogen) atoms. The molecular weight excluding hydrogens is 397 g/mol. The van der Waals surface area contributed by atoms with Gasteiger partial charge in [-0.15, -0.1) is 0 Å². The molecule has 4 rings (SSSR count). The van der Waals surface area contributed by atoms with Crippen LogP contribution in [0.2, 0.25) is 0 Å². The molecule has 0 amide bonds. The van der Waals surface area contributed by atoms with E-state index in [-0.39, 0.29) is 23.8 Å². The van der Waals surface area contributed by atoms with Gasteiger partial charge in [0.25, 0.3) is 0 Å². The largest absolute Gasteiger partial charge is 0.490 e. The van der Waals surface area contributed by atoms with E-state index in [2.05, 4.69) is 5.10 Å². The summed E-state index contributed by atoms with van der Waals surface area (Å²) < 4.78 is 49.0. The van der Waals surface area contributed by atoms with Crippen molar-refractivity contribution in [3.05, 3.63) is 53.9 Å². The lowest BCUT2D eigenvalue weighted by molar-refractivity contribution is -0.137. The van der Waals surface area contributed by atoms with E-state index in [0.717, 1.165) is 38.2 Å². The molecule has 5 nitrogen and oxygen atoms in total. The van der Waals surface area contributed by atoms with Gasteiger partial charge in [-0.05, 0) is 55.5 Å². The van der Waals surface area contributed by atoms with E-state index in [1.807, 2.05) is 0 Å². The molecule has 0 saturated heterocycles. The Morgan fingerprint density at radius 2 is 1.97 bits per heavy atom. The number of pyridine rings is 1. The Morgan fingerprint density at radius 1 is 1.20 bits per heavy atom. The number of carboxylic acids is 1. The number of aromatic nitrogens is 2. The van der Waals surface area contributed by atoms with Gasteiger partial charge in [-0.25, -0.2) is 4.52 Å². The predicted octanol–water partition coefficient (Wildman–Crippen LogP) is 5.36. The maximum absolute atomic E-state index is 13.8. The smallest absolute Gasteiger partial charge is 0.417 e. The molecule has 2 aromatic heterocycles. The molecule has 1 aliphatic carbocycles. The summed E-state index contributed by atoms with van der Waals surface area (Å²) in [5.41, 5.74) is 0.396. The van der Waals surface area contributed by atoms with Gasteiger partial charge in [0.2, 0.25) is 0 Å². The summed E-state index contributed by atoms with van der Waals surface area (Å²) in [7, 11) is 0. The third-order valence-electron chi connectivity index (χ3n) is 5.41. The average Bonchev–Trinajstić information content (AvgIpc) is 3.09. The first-order chi connectivity index (χ1) is 14.3. The van der Waals surface area contributed by atoms with Gasteiger partial charge < -0.3 is 9.84 Å². The average molecular weight is 418 g/mol. The zero-order valence-corrected chi connectivity index (χ0v) is 16.2. The number of rotatable bonds is 5. The van der Waals surface area contributed by atoms with E-state index < -0.39 is 17.7 Å². The summed E-state index contributed by atoms with van der Waals surface area (Å²) in [6.45, 7) is 0. The van der Waals surface area contributed by atoms with Gasteiger partial charge in [-0.1, -0.05) is 12.5 Å². The van der Waals surface area contributed by atoms with Crippen LogP contribution in [-0.4, -0.2) is 26.8 Å². The molecular formula is C22H21F3N2O3. The number of carboxylic acid groups (broad SMARTS) is 1. The zero-order chi connectivity index (χ0) is 21.3. The number of hydrogen-bond donors (Lipinski definition) is 1. The second kappa shape index (κ2) is 8.01. The number of alkyl halides is 3. The summed E-state index contributed by atoms with van der Waals surface area (Å²) in [4.78, 5) is 11.1. The third-order valence-corrected chi connectivity index (χ3v) is 5.41. The molecule has 1 N–H and O–H groups in total. The first-order valence-corrected chi connectivity index (χ1v) is 9.88. The third kappa shape index (κ3) is 4.13. The SMILES string of the molecule is O=C(O)Cc1cnn2ccc(-c3c(OC4CCCCC4)cccc3C(F)(F)F)cc12. The van der Waals surface area contributed by atoms with E-state index in [1.54, 1.807) is 18.2 Å². The van der Waals surface area contributed by atoms with Crippen LogP contribution in [0, 0.1) is 0 Å². The van der Waals surface area contributed by atoms with Gasteiger partial charge in [0.1, 0.15) is 5.75 Å². The van der Waals surface area contributed by atoms with Crippen LogP contribution in [0.15, 0.2) is 42.7 Å². The quantitative estimate of drug-likeness (QED) is 0.606. The summed E-state index contributed by atoms with van der Waals surface area (Å²) in [5.74, 6) is -0.840. The highest BCUT2D eigenvalue weighted by molar-refractivity contribution is 5.80. The Bertz CT molecular complexity index is 1070. The van der Waals surface area contributed by atoms with Gasteiger partial charge >= 0.3 is 12.1 Å². The molecule has 1 fully saturated rings. The molecule has 0 aliphatic heterocycles. The number of ether oxygens (including phenoxy) is 1. The summed E-state index contributed by atoms with van der Waals surface area (Å²) in [6, 6.07) is 7.06. The number of hydrogen-bond acceptors (Lipinski definition) is 3. The minimum absolute atomic E-state index is 0.0273. The number of aliphatic carboxylic acids is 1. The van der Waals surface area contributed by atoms with Crippen LogP contribution in [0.25, 0.3) is 16.6 Å². The van der Waals surface area contributed by atoms with Crippen LogP contribution in [0.5, 0.6) is 5.75 Å². The molecule has 1 aromatic carbocycles. The van der Waals surface area contributed by atoms with Gasteiger partial charge in [0.15, 0.2) is 0 Å². The van der Waals surface area contributed by atoms with E-state index >= 15 is 0 Å². The summed E-state index contributed by atoms with van der Waals surface area (Å²) >= 11 is 0. The first kappa shape index (κ1) is 20.3. The van der Waals surface area contributed by atoms with Crippen LogP contribution in [-0.2, 0) is 17.4 Å². The van der Waals surface area contributed by atoms with Crippen molar-refractivity contribution in [1.82, 2.24) is 9.61 Å². The molecule has 8 heteroatoms. The van der Waals surface area contributed by atoms with Crippen molar-refractivity contribution in [3.63, 3.8) is 0 Å². The van der Waals surface area contributed by atoms with Crippen LogP contribution in [0.4, 0.5) is 13.2 Å². The maximum Gasteiger partial charge on any atom is 0.417 e. The monoisotopic (exact) mass is 418 g/mol. The normalized spacial score (nSPS) is 15.4. The second-order valence-electron chi connectivity index (χ2n) is 7.54. The van der Waals surface area contributed by atoms with E-state index in [4.69, 9.17) is 9.84 Å². The fraction of sp³-hybridized carbons (Fsp3) is 0.364. The lowest BCUT2D eigenvalue weighted by Gasteiger charge is -2.25. The maximum atomic E-state index is 13.8. The van der Waals surface area contributed by atoms with Gasteiger partial charge in [0, 0.05) is 17.3 Å². The molecule has 0 bridgehead atoms. The predicted molar refractivity (Wildman–Crippen MR) is 104 cm³/mol. The fourth-order valence-corrected chi connectivity index (χ4v) is 4.01. The van der Waals surface area contributed by atoms with Gasteiger partial charge in [-0.2, -0.15) is 18.3 Å². The summed E-state index contributed by atoms with van der Waals surface area (Å²) in [5, 5.41) is 13.2. The van der Waals surface area contributed by atoms with Crippen LogP contribution in [0.1, 0.15) is 43.2 Å². The van der Waals surface area contributed by atoms with Gasteiger partial charge in [0.05, 0.1) is 29.8 Å². The molecule has 0 spiro atoms. The Hall–Kier alpha value is -3.03. The Morgan fingerprint density at radius 3 is 2.67 bits per heavy atom. The fourth-order valence-electron chi connectivity index (χ4n) is 4.01. The first-order valence-electron chi connectivity index (χ1n) is 9.88. The number of benzene rings is 1. The number of nitrogens with zero attached hydrogens (tertiary/aromatic N) is 2. The van der Waals surface area contributed by atoms with E-state index in [0.29, 0.717) is 16.6 Å². The number of carbonyl (C=O) groups is 1. The molecule has 0 atom stereocenters. The van der Waals surface area contributed by atoms with Crippen LogP contribution < -0.4 is 4.74 Å². The lowest BCUT2D eigenvalue weighted by Crippen LogP contribution is -2.20. The molecule has 158 valence electrons. The van der Waals surface area contributed by atoms with Crippen molar-refractivity contribution in [1.29, 1.82) is 0 Å².